The van der Waals surface area contributed by atoms with E-state index in [9.17, 15) is 4.79 Å². The van der Waals surface area contributed by atoms with Crippen LogP contribution in [0.2, 0.25) is 0 Å². The lowest BCUT2D eigenvalue weighted by atomic mass is 10.2. The number of rotatable bonds is 6. The molecule has 1 unspecified atom stereocenters. The summed E-state index contributed by atoms with van der Waals surface area (Å²) >= 11 is 0. The highest BCUT2D eigenvalue weighted by molar-refractivity contribution is 5.78. The maximum Gasteiger partial charge on any atom is 0.234 e. The van der Waals surface area contributed by atoms with Crippen LogP contribution < -0.4 is 10.6 Å². The minimum Gasteiger partial charge on any atom is -0.344 e. The fourth-order valence-electron chi connectivity index (χ4n) is 2.04. The van der Waals surface area contributed by atoms with Gasteiger partial charge >= 0.3 is 0 Å². The van der Waals surface area contributed by atoms with Gasteiger partial charge in [0, 0.05) is 18.6 Å². The van der Waals surface area contributed by atoms with Gasteiger partial charge in [0.15, 0.2) is 0 Å². The first kappa shape index (κ1) is 14.0. The van der Waals surface area contributed by atoms with Crippen LogP contribution in [-0.4, -0.2) is 49.1 Å². The van der Waals surface area contributed by atoms with Crippen LogP contribution in [-0.2, 0) is 4.79 Å². The van der Waals surface area contributed by atoms with Crippen molar-refractivity contribution in [3.63, 3.8) is 0 Å². The van der Waals surface area contributed by atoms with Gasteiger partial charge in [0.2, 0.25) is 5.91 Å². The molecule has 0 radical (unpaired) electrons. The van der Waals surface area contributed by atoms with E-state index in [1.807, 2.05) is 0 Å². The molecule has 1 heterocycles. The van der Waals surface area contributed by atoms with Crippen molar-refractivity contribution in [2.45, 2.75) is 38.8 Å². The molecule has 1 fully saturated rings. The third-order valence-corrected chi connectivity index (χ3v) is 3.08. The van der Waals surface area contributed by atoms with Crippen molar-refractivity contribution in [3.8, 4) is 12.3 Å². The van der Waals surface area contributed by atoms with Gasteiger partial charge in [-0.15, -0.1) is 6.42 Å². The first-order valence-electron chi connectivity index (χ1n) is 6.31. The lowest BCUT2D eigenvalue weighted by Gasteiger charge is -2.28. The van der Waals surface area contributed by atoms with Gasteiger partial charge in [-0.3, -0.25) is 9.69 Å². The highest BCUT2D eigenvalue weighted by atomic mass is 16.2. The SMILES string of the molecule is C#CCNC(=O)CN(CC1CCCN1)C(C)C. The Labute approximate surface area is 104 Å². The Morgan fingerprint density at radius 2 is 2.41 bits per heavy atom. The molecule has 96 valence electrons. The van der Waals surface area contributed by atoms with Crippen LogP contribution in [0.5, 0.6) is 0 Å². The third-order valence-electron chi connectivity index (χ3n) is 3.08. The maximum absolute atomic E-state index is 11.6. The largest absolute Gasteiger partial charge is 0.344 e. The second kappa shape index (κ2) is 7.31. The number of nitrogens with one attached hydrogen (secondary N) is 2. The molecule has 4 nitrogen and oxygen atoms in total. The standard InChI is InChI=1S/C13H23N3O/c1-4-7-15-13(17)10-16(11(2)3)9-12-6-5-8-14-12/h1,11-12,14H,5-10H2,2-3H3,(H,15,17). The van der Waals surface area contributed by atoms with E-state index in [1.165, 1.54) is 12.8 Å². The smallest absolute Gasteiger partial charge is 0.234 e. The second-order valence-electron chi connectivity index (χ2n) is 4.80. The average molecular weight is 237 g/mol. The van der Waals surface area contributed by atoms with Gasteiger partial charge in [0.25, 0.3) is 0 Å². The van der Waals surface area contributed by atoms with Gasteiger partial charge in [-0.1, -0.05) is 5.92 Å². The van der Waals surface area contributed by atoms with Crippen LogP contribution in [0.4, 0.5) is 0 Å². The first-order chi connectivity index (χ1) is 8.13. The van der Waals surface area contributed by atoms with Gasteiger partial charge < -0.3 is 10.6 Å². The molecule has 1 aliphatic heterocycles. The quantitative estimate of drug-likeness (QED) is 0.649. The van der Waals surface area contributed by atoms with Gasteiger partial charge in [-0.25, -0.2) is 0 Å². The molecule has 0 saturated carbocycles. The normalized spacial score (nSPS) is 19.6. The minimum absolute atomic E-state index is 0.00893. The third kappa shape index (κ3) is 5.20. The van der Waals surface area contributed by atoms with E-state index < -0.39 is 0 Å². The summed E-state index contributed by atoms with van der Waals surface area (Å²) in [4.78, 5) is 13.8. The Bertz CT molecular complexity index is 277. The van der Waals surface area contributed by atoms with Crippen LogP contribution >= 0.6 is 0 Å². The van der Waals surface area contributed by atoms with Crippen molar-refractivity contribution in [2.75, 3.05) is 26.2 Å². The van der Waals surface area contributed by atoms with Crippen LogP contribution in [0.25, 0.3) is 0 Å². The van der Waals surface area contributed by atoms with Gasteiger partial charge in [-0.05, 0) is 33.2 Å². The lowest BCUT2D eigenvalue weighted by molar-refractivity contribution is -0.122. The van der Waals surface area contributed by atoms with Crippen molar-refractivity contribution in [1.29, 1.82) is 0 Å². The lowest BCUT2D eigenvalue weighted by Crippen LogP contribution is -2.46. The Kier molecular flexibility index (Phi) is 6.03. The average Bonchev–Trinajstić information content (AvgIpc) is 2.78. The predicted molar refractivity (Wildman–Crippen MR) is 69.6 cm³/mol. The molecule has 0 bridgehead atoms. The number of hydrogen-bond donors (Lipinski definition) is 2. The summed E-state index contributed by atoms with van der Waals surface area (Å²) in [6.45, 7) is 7.00. The molecule has 0 aromatic rings. The molecule has 1 amide bonds. The molecule has 17 heavy (non-hydrogen) atoms. The molecule has 0 aromatic heterocycles. The van der Waals surface area contributed by atoms with Crippen molar-refractivity contribution >= 4 is 5.91 Å². The van der Waals surface area contributed by atoms with Crippen LogP contribution in [0.1, 0.15) is 26.7 Å². The fraction of sp³-hybridized carbons (Fsp3) is 0.769. The zero-order valence-electron chi connectivity index (χ0n) is 10.8. The summed E-state index contributed by atoms with van der Waals surface area (Å²) in [6, 6.07) is 0.895. The minimum atomic E-state index is 0.00893. The number of amides is 1. The number of terminal acetylenes is 1. The van der Waals surface area contributed by atoms with E-state index in [1.54, 1.807) is 0 Å². The molecule has 1 saturated heterocycles. The summed E-state index contributed by atoms with van der Waals surface area (Å²) in [5.41, 5.74) is 0. The highest BCUT2D eigenvalue weighted by Gasteiger charge is 2.21. The fourth-order valence-corrected chi connectivity index (χ4v) is 2.04. The maximum atomic E-state index is 11.6. The Morgan fingerprint density at radius 3 is 2.94 bits per heavy atom. The van der Waals surface area contributed by atoms with Gasteiger partial charge in [-0.2, -0.15) is 0 Å². The zero-order chi connectivity index (χ0) is 12.7. The number of nitrogens with zero attached hydrogens (tertiary/aromatic N) is 1. The number of hydrogen-bond acceptors (Lipinski definition) is 3. The molecule has 1 atom stereocenters. The van der Waals surface area contributed by atoms with E-state index in [4.69, 9.17) is 6.42 Å². The Hall–Kier alpha value is -1.05. The van der Waals surface area contributed by atoms with Crippen LogP contribution in [0.3, 0.4) is 0 Å². The second-order valence-corrected chi connectivity index (χ2v) is 4.80. The molecular formula is C13H23N3O. The molecule has 0 spiro atoms. The van der Waals surface area contributed by atoms with Crippen molar-refractivity contribution in [1.82, 2.24) is 15.5 Å². The van der Waals surface area contributed by atoms with E-state index in [0.717, 1.165) is 13.1 Å². The summed E-state index contributed by atoms with van der Waals surface area (Å²) < 4.78 is 0. The molecule has 2 N–H and O–H groups in total. The highest BCUT2D eigenvalue weighted by Crippen LogP contribution is 2.08. The topological polar surface area (TPSA) is 44.4 Å². The van der Waals surface area contributed by atoms with Crippen molar-refractivity contribution in [3.05, 3.63) is 0 Å². The molecule has 0 aromatic carbocycles. The molecular weight excluding hydrogens is 214 g/mol. The predicted octanol–water partition coefficient (Wildman–Crippen LogP) is 0.198. The van der Waals surface area contributed by atoms with Crippen LogP contribution in [0, 0.1) is 12.3 Å². The Morgan fingerprint density at radius 1 is 1.65 bits per heavy atom. The zero-order valence-corrected chi connectivity index (χ0v) is 10.8. The molecule has 0 aliphatic carbocycles. The number of carbonyl (C=O) groups is 1. The molecule has 4 heteroatoms. The van der Waals surface area contributed by atoms with E-state index in [0.29, 0.717) is 25.2 Å². The van der Waals surface area contributed by atoms with E-state index in [2.05, 4.69) is 35.3 Å². The molecule has 1 rings (SSSR count). The van der Waals surface area contributed by atoms with E-state index >= 15 is 0 Å². The summed E-state index contributed by atoms with van der Waals surface area (Å²) in [6.07, 6.45) is 7.55. The summed E-state index contributed by atoms with van der Waals surface area (Å²) in [7, 11) is 0. The Balaban J connectivity index is 2.37. The monoisotopic (exact) mass is 237 g/mol. The number of carbonyl (C=O) groups excluding carboxylic acids is 1. The van der Waals surface area contributed by atoms with Gasteiger partial charge in [0.05, 0.1) is 13.1 Å². The van der Waals surface area contributed by atoms with Crippen molar-refractivity contribution in [2.24, 2.45) is 0 Å². The summed E-state index contributed by atoms with van der Waals surface area (Å²) in [5.74, 6) is 2.42. The van der Waals surface area contributed by atoms with Gasteiger partial charge in [0.1, 0.15) is 0 Å². The van der Waals surface area contributed by atoms with Crippen molar-refractivity contribution < 1.29 is 4.79 Å². The summed E-state index contributed by atoms with van der Waals surface area (Å²) in [5, 5.41) is 6.16. The molecule has 1 aliphatic rings. The van der Waals surface area contributed by atoms with E-state index in [-0.39, 0.29) is 5.91 Å². The first-order valence-corrected chi connectivity index (χ1v) is 6.31. The van der Waals surface area contributed by atoms with Crippen LogP contribution in [0.15, 0.2) is 0 Å².